The van der Waals surface area contributed by atoms with E-state index < -0.39 is 5.54 Å². The van der Waals surface area contributed by atoms with Crippen LogP contribution in [0.5, 0.6) is 0 Å². The van der Waals surface area contributed by atoms with Gasteiger partial charge in [-0.2, -0.15) is 0 Å². The summed E-state index contributed by atoms with van der Waals surface area (Å²) in [6.07, 6.45) is 0. The van der Waals surface area contributed by atoms with Gasteiger partial charge in [0.1, 0.15) is 5.82 Å². The van der Waals surface area contributed by atoms with Crippen molar-refractivity contribution in [2.75, 3.05) is 39.3 Å². The maximum atomic E-state index is 13.2. The molecule has 2 aliphatic heterocycles. The third-order valence-corrected chi connectivity index (χ3v) is 6.51. The first-order valence-corrected chi connectivity index (χ1v) is 10.6. The van der Waals surface area contributed by atoms with Gasteiger partial charge in [-0.15, -0.1) is 0 Å². The number of rotatable bonds is 4. The molecule has 0 aromatic heterocycles. The first-order valence-electron chi connectivity index (χ1n) is 10.3. The molecule has 2 aromatic rings. The predicted octanol–water partition coefficient (Wildman–Crippen LogP) is 2.87. The van der Waals surface area contributed by atoms with E-state index in [-0.39, 0.29) is 24.4 Å². The third-order valence-electron chi connectivity index (χ3n) is 6.26. The summed E-state index contributed by atoms with van der Waals surface area (Å²) in [5.41, 5.74) is 1.19. The Morgan fingerprint density at radius 2 is 1.83 bits per heavy atom. The summed E-state index contributed by atoms with van der Waals surface area (Å²) in [6.45, 7) is 6.34. The van der Waals surface area contributed by atoms with Crippen LogP contribution in [-0.2, 0) is 6.54 Å². The van der Waals surface area contributed by atoms with Gasteiger partial charge in [0, 0.05) is 55.9 Å². The van der Waals surface area contributed by atoms with Crippen molar-refractivity contribution in [2.45, 2.75) is 25.0 Å². The molecule has 7 heteroatoms. The minimum Gasteiger partial charge on any atom is -0.394 e. The van der Waals surface area contributed by atoms with Crippen molar-refractivity contribution in [3.05, 3.63) is 70.5 Å². The summed E-state index contributed by atoms with van der Waals surface area (Å²) >= 11 is 5.96. The number of amides is 1. The minimum absolute atomic E-state index is 0.00808. The average molecular weight is 432 g/mol. The van der Waals surface area contributed by atoms with Crippen LogP contribution in [0.1, 0.15) is 22.8 Å². The number of benzene rings is 2. The molecule has 2 heterocycles. The van der Waals surface area contributed by atoms with Crippen molar-refractivity contribution in [3.8, 4) is 0 Å². The fraction of sp³-hybridized carbons (Fsp3) is 0.435. The zero-order valence-corrected chi connectivity index (χ0v) is 17.9. The molecule has 2 aliphatic rings. The Morgan fingerprint density at radius 3 is 2.50 bits per heavy atom. The van der Waals surface area contributed by atoms with Crippen LogP contribution in [0.4, 0.5) is 4.39 Å². The van der Waals surface area contributed by atoms with Crippen molar-refractivity contribution in [1.82, 2.24) is 14.7 Å². The van der Waals surface area contributed by atoms with Crippen LogP contribution in [-0.4, -0.2) is 76.6 Å². The lowest BCUT2D eigenvalue weighted by Gasteiger charge is -2.56. The van der Waals surface area contributed by atoms with E-state index in [2.05, 4.69) is 9.80 Å². The van der Waals surface area contributed by atoms with Crippen LogP contribution in [0, 0.1) is 5.82 Å². The highest BCUT2D eigenvalue weighted by molar-refractivity contribution is 6.30. The Morgan fingerprint density at radius 1 is 1.13 bits per heavy atom. The van der Waals surface area contributed by atoms with Crippen LogP contribution in [0.25, 0.3) is 0 Å². The average Bonchev–Trinajstić information content (AvgIpc) is 2.75. The number of aliphatic hydroxyl groups is 1. The number of carbonyl (C=O) groups is 1. The fourth-order valence-electron chi connectivity index (χ4n) is 4.67. The standard InChI is InChI=1S/C23H27ClFN3O2/c1-23(16-29)15-27(22(30)18-4-6-19(24)7-5-18)14-21-13-26(10-11-28(21)23)12-17-2-8-20(25)9-3-17/h2-9,21,29H,10-16H2,1H3. The second kappa shape index (κ2) is 8.63. The maximum Gasteiger partial charge on any atom is 0.253 e. The first-order chi connectivity index (χ1) is 14.4. The van der Waals surface area contributed by atoms with Gasteiger partial charge < -0.3 is 10.0 Å². The zero-order valence-electron chi connectivity index (χ0n) is 17.1. The van der Waals surface area contributed by atoms with Gasteiger partial charge in [-0.25, -0.2) is 4.39 Å². The number of hydrogen-bond donors (Lipinski definition) is 1. The van der Waals surface area contributed by atoms with Crippen molar-refractivity contribution >= 4 is 17.5 Å². The van der Waals surface area contributed by atoms with Gasteiger partial charge in [0.2, 0.25) is 0 Å². The lowest BCUT2D eigenvalue weighted by Crippen LogP contribution is -2.72. The van der Waals surface area contributed by atoms with Gasteiger partial charge in [0.05, 0.1) is 12.1 Å². The topological polar surface area (TPSA) is 47.0 Å². The summed E-state index contributed by atoms with van der Waals surface area (Å²) < 4.78 is 13.2. The highest BCUT2D eigenvalue weighted by Crippen LogP contribution is 2.30. The highest BCUT2D eigenvalue weighted by Gasteiger charge is 2.46. The number of carbonyl (C=O) groups excluding carboxylic acids is 1. The van der Waals surface area contributed by atoms with Gasteiger partial charge >= 0.3 is 0 Å². The fourth-order valence-corrected chi connectivity index (χ4v) is 4.80. The zero-order chi connectivity index (χ0) is 21.3. The number of nitrogens with zero attached hydrogens (tertiary/aromatic N) is 3. The maximum absolute atomic E-state index is 13.2. The van der Waals surface area contributed by atoms with E-state index in [1.165, 1.54) is 12.1 Å². The normalized spacial score (nSPS) is 25.2. The molecule has 0 bridgehead atoms. The molecule has 2 atom stereocenters. The van der Waals surface area contributed by atoms with Crippen LogP contribution >= 0.6 is 11.6 Å². The molecule has 5 nitrogen and oxygen atoms in total. The molecule has 0 radical (unpaired) electrons. The first kappa shape index (κ1) is 21.2. The molecular formula is C23H27ClFN3O2. The molecule has 2 fully saturated rings. The van der Waals surface area contributed by atoms with Crippen LogP contribution in [0.2, 0.25) is 5.02 Å². The van der Waals surface area contributed by atoms with E-state index >= 15 is 0 Å². The number of halogens is 2. The van der Waals surface area contributed by atoms with Crippen molar-refractivity contribution in [1.29, 1.82) is 0 Å². The minimum atomic E-state index is -0.479. The van der Waals surface area contributed by atoms with Crippen LogP contribution in [0.3, 0.4) is 0 Å². The lowest BCUT2D eigenvalue weighted by atomic mass is 9.91. The van der Waals surface area contributed by atoms with Gasteiger partial charge in [-0.05, 0) is 48.9 Å². The van der Waals surface area contributed by atoms with Gasteiger partial charge in [-0.3, -0.25) is 14.6 Å². The summed E-state index contributed by atoms with van der Waals surface area (Å²) in [6, 6.07) is 13.7. The monoisotopic (exact) mass is 431 g/mol. The molecule has 2 saturated heterocycles. The van der Waals surface area contributed by atoms with Crippen molar-refractivity contribution < 1.29 is 14.3 Å². The molecule has 2 aromatic carbocycles. The molecule has 0 saturated carbocycles. The second-order valence-corrected chi connectivity index (χ2v) is 8.99. The number of aliphatic hydroxyl groups excluding tert-OH is 1. The van der Waals surface area contributed by atoms with Crippen molar-refractivity contribution in [2.24, 2.45) is 0 Å². The van der Waals surface area contributed by atoms with Crippen LogP contribution in [0.15, 0.2) is 48.5 Å². The Labute approximate surface area is 181 Å². The summed E-state index contributed by atoms with van der Waals surface area (Å²) in [5, 5.41) is 10.8. The third kappa shape index (κ3) is 4.37. The van der Waals surface area contributed by atoms with E-state index in [0.717, 1.165) is 31.7 Å². The summed E-state index contributed by atoms with van der Waals surface area (Å²) in [7, 11) is 0. The molecular weight excluding hydrogens is 405 g/mol. The number of piperazine rings is 2. The van der Waals surface area contributed by atoms with E-state index in [1.54, 1.807) is 24.3 Å². The smallest absolute Gasteiger partial charge is 0.253 e. The summed E-state index contributed by atoms with van der Waals surface area (Å²) in [4.78, 5) is 19.7. The Balaban J connectivity index is 1.50. The predicted molar refractivity (Wildman–Crippen MR) is 115 cm³/mol. The SMILES string of the molecule is CC1(CO)CN(C(=O)c2ccc(Cl)cc2)CC2CN(Cc3ccc(F)cc3)CCN21. The molecule has 30 heavy (non-hydrogen) atoms. The molecule has 0 spiro atoms. The second-order valence-electron chi connectivity index (χ2n) is 8.56. The largest absolute Gasteiger partial charge is 0.394 e. The van der Waals surface area contributed by atoms with E-state index in [1.807, 2.05) is 24.0 Å². The molecule has 1 N–H and O–H groups in total. The van der Waals surface area contributed by atoms with E-state index in [4.69, 9.17) is 11.6 Å². The van der Waals surface area contributed by atoms with Crippen molar-refractivity contribution in [3.63, 3.8) is 0 Å². The Kier molecular flexibility index (Phi) is 6.11. The van der Waals surface area contributed by atoms with E-state index in [0.29, 0.717) is 23.7 Å². The molecule has 0 aliphatic carbocycles. The quantitative estimate of drug-likeness (QED) is 0.808. The van der Waals surface area contributed by atoms with Gasteiger partial charge in [0.15, 0.2) is 0 Å². The molecule has 160 valence electrons. The van der Waals surface area contributed by atoms with E-state index in [9.17, 15) is 14.3 Å². The number of fused-ring (bicyclic) bond motifs is 1. The highest BCUT2D eigenvalue weighted by atomic mass is 35.5. The number of hydrogen-bond acceptors (Lipinski definition) is 4. The van der Waals surface area contributed by atoms with Crippen LogP contribution < -0.4 is 0 Å². The molecule has 1 amide bonds. The lowest BCUT2D eigenvalue weighted by molar-refractivity contribution is -0.0846. The Hall–Kier alpha value is -1.99. The van der Waals surface area contributed by atoms with Gasteiger partial charge in [-0.1, -0.05) is 23.7 Å². The molecule has 4 rings (SSSR count). The summed E-state index contributed by atoms with van der Waals surface area (Å²) in [5.74, 6) is -0.271. The molecule has 2 unspecified atom stereocenters. The Bertz CT molecular complexity index is 892. The van der Waals surface area contributed by atoms with Gasteiger partial charge in [0.25, 0.3) is 5.91 Å².